The minimum atomic E-state index is -3.89. The summed E-state index contributed by atoms with van der Waals surface area (Å²) in [5.74, 6) is 0. The van der Waals surface area contributed by atoms with Crippen LogP contribution in [0.15, 0.2) is 0 Å². The largest absolute Gasteiger partial charge is 0.501 e. The van der Waals surface area contributed by atoms with Crippen molar-refractivity contribution < 1.29 is 79.0 Å². The molecule has 0 aromatic carbocycles. The molecule has 19 nitrogen and oxygen atoms in total. The van der Waals surface area contributed by atoms with Crippen molar-refractivity contribution >= 4 is 8.80 Å². The quantitative estimate of drug-likeness (QED) is 0.0237. The summed E-state index contributed by atoms with van der Waals surface area (Å²) in [7, 11) is -1.55. The van der Waals surface area contributed by atoms with Crippen LogP contribution >= 0.6 is 0 Å². The molecule has 3 unspecified atom stereocenters. The van der Waals surface area contributed by atoms with E-state index in [0.29, 0.717) is 12.5 Å². The SMILES string of the molecule is CCCCCCCCCCCCCCCCCC[N+](C)(CCCCCCCCCC)CCC[Si](OCCN(CCO)C(CO)C(O)CO)(OCCN(CCO)C(CO)(CO)CO)OCCN(CCO)C(CO)(CO)CO. The normalized spacial score (nSPS) is 14.4. The first-order chi connectivity index (χ1) is 36.9. The number of β-amino-alcohol motifs (C(OH)–C–C–N with tert-alkyl or cyclic N) is 2. The number of quaternary nitrogens is 1. The first-order valence-corrected chi connectivity index (χ1v) is 32.2. The van der Waals surface area contributed by atoms with Crippen LogP contribution in [0.2, 0.25) is 6.04 Å². The third-order valence-electron chi connectivity index (χ3n) is 15.9. The molecule has 3 atom stereocenters. The summed E-state index contributed by atoms with van der Waals surface area (Å²) >= 11 is 0. The lowest BCUT2D eigenvalue weighted by molar-refractivity contribution is -0.910. The van der Waals surface area contributed by atoms with Gasteiger partial charge < -0.3 is 79.0 Å². The van der Waals surface area contributed by atoms with Gasteiger partial charge in [-0.2, -0.15) is 0 Å². The monoisotopic (exact) mass is 1120 g/mol. The van der Waals surface area contributed by atoms with Crippen LogP contribution in [0.25, 0.3) is 0 Å². The highest BCUT2D eigenvalue weighted by Crippen LogP contribution is 2.25. The highest BCUT2D eigenvalue weighted by molar-refractivity contribution is 6.60. The maximum Gasteiger partial charge on any atom is 0.501 e. The van der Waals surface area contributed by atoms with Gasteiger partial charge in [0.15, 0.2) is 0 Å². The van der Waals surface area contributed by atoms with Gasteiger partial charge >= 0.3 is 8.80 Å². The molecule has 0 aromatic heterocycles. The van der Waals surface area contributed by atoms with Crippen molar-refractivity contribution in [1.29, 1.82) is 0 Å². The molecule has 20 heteroatoms. The van der Waals surface area contributed by atoms with Gasteiger partial charge in [-0.25, -0.2) is 0 Å². The summed E-state index contributed by atoms with van der Waals surface area (Å²) in [4.78, 5) is 4.75. The Balaban J connectivity index is 6.69. The van der Waals surface area contributed by atoms with Gasteiger partial charge in [0.05, 0.1) is 142 Å². The van der Waals surface area contributed by atoms with Crippen LogP contribution in [0.1, 0.15) is 174 Å². The molecule has 0 aromatic rings. The van der Waals surface area contributed by atoms with Gasteiger partial charge in [-0.15, -0.1) is 0 Å². The molecule has 0 bridgehead atoms. The van der Waals surface area contributed by atoms with Gasteiger partial charge in [0.25, 0.3) is 0 Å². The second-order valence-corrected chi connectivity index (χ2v) is 24.7. The Kier molecular flexibility index (Phi) is 48.7. The second kappa shape index (κ2) is 49.1. The predicted octanol–water partition coefficient (Wildman–Crippen LogP) is 3.24. The van der Waals surface area contributed by atoms with Crippen molar-refractivity contribution in [2.24, 2.45) is 0 Å². The van der Waals surface area contributed by atoms with Gasteiger partial charge in [0, 0.05) is 51.7 Å². The van der Waals surface area contributed by atoms with E-state index < -0.39 is 84.9 Å². The minimum absolute atomic E-state index is 0.00275. The zero-order chi connectivity index (χ0) is 56.7. The van der Waals surface area contributed by atoms with Crippen LogP contribution in [0.5, 0.6) is 0 Å². The van der Waals surface area contributed by atoms with Gasteiger partial charge in [-0.05, 0) is 25.7 Å². The number of rotatable bonds is 60. The number of unbranched alkanes of at least 4 members (excludes halogenated alkanes) is 22. The molecule has 0 amide bonds. The van der Waals surface area contributed by atoms with Gasteiger partial charge in [0.1, 0.15) is 0 Å². The number of aliphatic hydroxyl groups excluding tert-OH is 12. The van der Waals surface area contributed by atoms with Crippen LogP contribution in [0.4, 0.5) is 0 Å². The third-order valence-corrected chi connectivity index (χ3v) is 18.8. The fourth-order valence-corrected chi connectivity index (χ4v) is 12.9. The highest BCUT2D eigenvalue weighted by Gasteiger charge is 2.44. The lowest BCUT2D eigenvalue weighted by atomic mass is 10.0. The number of hydrogen-bond donors (Lipinski definition) is 12. The Hall–Kier alpha value is -0.543. The molecule has 0 saturated heterocycles. The van der Waals surface area contributed by atoms with Crippen LogP contribution < -0.4 is 0 Å². The molecule has 0 aliphatic heterocycles. The average Bonchev–Trinajstić information content (AvgIpc) is 3.42. The lowest BCUT2D eigenvalue weighted by Gasteiger charge is -2.41. The zero-order valence-electron chi connectivity index (χ0n) is 48.7. The van der Waals surface area contributed by atoms with Crippen molar-refractivity contribution in [3.63, 3.8) is 0 Å². The van der Waals surface area contributed by atoms with E-state index in [-0.39, 0.29) is 78.9 Å². The molecular weight excluding hydrogens is 997 g/mol. The lowest BCUT2D eigenvalue weighted by Crippen LogP contribution is -2.60. The summed E-state index contributed by atoms with van der Waals surface area (Å²) < 4.78 is 21.2. The number of nitrogens with zero attached hydrogens (tertiary/aromatic N) is 4. The van der Waals surface area contributed by atoms with E-state index in [1.165, 1.54) is 141 Å². The Morgan fingerprint density at radius 1 is 0.395 bits per heavy atom. The first kappa shape index (κ1) is 75.5. The van der Waals surface area contributed by atoms with Gasteiger partial charge in [0.2, 0.25) is 0 Å². The van der Waals surface area contributed by atoms with Gasteiger partial charge in [-0.1, -0.05) is 142 Å². The molecule has 0 aliphatic carbocycles. The number of hydrogen-bond acceptors (Lipinski definition) is 18. The van der Waals surface area contributed by atoms with E-state index >= 15 is 0 Å². The van der Waals surface area contributed by atoms with Gasteiger partial charge in [-0.3, -0.25) is 14.7 Å². The minimum Gasteiger partial charge on any atom is -0.395 e. The molecule has 0 aliphatic rings. The highest BCUT2D eigenvalue weighted by atomic mass is 28.4. The van der Waals surface area contributed by atoms with E-state index in [2.05, 4.69) is 20.9 Å². The molecule has 0 heterocycles. The summed E-state index contributed by atoms with van der Waals surface area (Å²) in [6, 6.07) is -0.584. The Labute approximate surface area is 463 Å². The Bertz CT molecular complexity index is 1200. The molecule has 76 heavy (non-hydrogen) atoms. The maximum atomic E-state index is 10.6. The van der Waals surface area contributed by atoms with E-state index in [1.807, 2.05) is 0 Å². The Morgan fingerprint density at radius 3 is 1.01 bits per heavy atom. The van der Waals surface area contributed by atoms with Crippen molar-refractivity contribution in [1.82, 2.24) is 14.7 Å². The maximum absolute atomic E-state index is 10.6. The van der Waals surface area contributed by atoms with Crippen molar-refractivity contribution in [3.05, 3.63) is 0 Å². The molecule has 12 N–H and O–H groups in total. The molecule has 458 valence electrons. The third kappa shape index (κ3) is 32.2. The van der Waals surface area contributed by atoms with Crippen LogP contribution in [-0.2, 0) is 13.3 Å². The summed E-state index contributed by atoms with van der Waals surface area (Å²) in [6.07, 6.45) is 30.0. The number of aliphatic hydroxyl groups is 12. The Morgan fingerprint density at radius 2 is 0.711 bits per heavy atom. The zero-order valence-corrected chi connectivity index (χ0v) is 49.7. The molecular formula is C56H121N4O15Si+. The standard InChI is InChI=1S/C56H121N4O15Si/c1-4-6-8-10-12-14-15-16-17-18-19-20-21-23-25-27-36-60(3,35-26-24-22-13-11-9-7-5-2)37-28-44-76(73-41-32-57(29-38-61)53(45-64)54(72)46-65,74-42-33-58(30-39-62)55(47-66,48-67)49-68)75-43-34-59(31-40-63)56(50-69,51-70)52-71/h53-54,61-72H,4-52H2,1-3H3/q+1. The molecule has 0 rings (SSSR count). The van der Waals surface area contributed by atoms with E-state index in [4.69, 9.17) is 13.3 Å². The predicted molar refractivity (Wildman–Crippen MR) is 304 cm³/mol. The van der Waals surface area contributed by atoms with E-state index in [1.54, 1.807) is 14.7 Å². The molecule has 0 saturated carbocycles. The first-order valence-electron chi connectivity index (χ1n) is 30.3. The molecule has 0 radical (unpaired) electrons. The van der Waals surface area contributed by atoms with Crippen LogP contribution in [0.3, 0.4) is 0 Å². The topological polar surface area (TPSA) is 280 Å². The summed E-state index contributed by atoms with van der Waals surface area (Å²) in [5.41, 5.74) is -2.94. The molecule has 0 fully saturated rings. The van der Waals surface area contributed by atoms with Crippen molar-refractivity contribution in [2.45, 2.75) is 204 Å². The summed E-state index contributed by atoms with van der Waals surface area (Å²) in [5, 5.41) is 123. The van der Waals surface area contributed by atoms with Crippen molar-refractivity contribution in [3.8, 4) is 0 Å². The fraction of sp³-hybridized carbons (Fsp3) is 1.00. The average molecular weight is 1120 g/mol. The van der Waals surface area contributed by atoms with Crippen LogP contribution in [0, 0.1) is 0 Å². The second-order valence-electron chi connectivity index (χ2n) is 22.0. The fourth-order valence-electron chi connectivity index (χ4n) is 10.5. The summed E-state index contributed by atoms with van der Waals surface area (Å²) in [6.45, 7) is 1.70. The van der Waals surface area contributed by atoms with E-state index in [0.717, 1.165) is 37.0 Å². The molecule has 0 spiro atoms. The van der Waals surface area contributed by atoms with Crippen molar-refractivity contribution in [2.75, 3.05) is 158 Å². The smallest absolute Gasteiger partial charge is 0.395 e. The van der Waals surface area contributed by atoms with E-state index in [9.17, 15) is 61.3 Å². The van der Waals surface area contributed by atoms with Crippen LogP contribution in [-0.4, -0.2) is 271 Å².